The molecule has 0 unspecified atom stereocenters. The largest absolute Gasteiger partial charge is 0.492 e. The molecule has 5 nitrogen and oxygen atoms in total. The first-order chi connectivity index (χ1) is 10.3. The number of hydrogen-bond donors (Lipinski definition) is 0. The Labute approximate surface area is 122 Å². The molecule has 1 heterocycles. The van der Waals surface area contributed by atoms with Gasteiger partial charge in [0.15, 0.2) is 11.3 Å². The van der Waals surface area contributed by atoms with Gasteiger partial charge in [-0.15, -0.1) is 0 Å². The van der Waals surface area contributed by atoms with Gasteiger partial charge in [-0.2, -0.15) is 0 Å². The van der Waals surface area contributed by atoms with Crippen molar-refractivity contribution in [1.82, 2.24) is 0 Å². The standard InChI is InChI=1S/C16H16O5/c1-17-12-11-9-7-5-6-8-10(9)21-13(11)15(19-3)16(20-4)14(12)18-2/h5-8H,1-4H3. The normalized spacial score (nSPS) is 10.9. The lowest BCUT2D eigenvalue weighted by atomic mass is 10.1. The van der Waals surface area contributed by atoms with Crippen molar-refractivity contribution in [2.24, 2.45) is 0 Å². The summed E-state index contributed by atoms with van der Waals surface area (Å²) in [5, 5.41) is 1.74. The number of methoxy groups -OCH3 is 4. The van der Waals surface area contributed by atoms with Crippen LogP contribution < -0.4 is 18.9 Å². The van der Waals surface area contributed by atoms with Crippen molar-refractivity contribution >= 4 is 21.9 Å². The van der Waals surface area contributed by atoms with Gasteiger partial charge in [0, 0.05) is 5.39 Å². The highest BCUT2D eigenvalue weighted by atomic mass is 16.5. The monoisotopic (exact) mass is 288 g/mol. The van der Waals surface area contributed by atoms with Gasteiger partial charge in [-0.05, 0) is 6.07 Å². The van der Waals surface area contributed by atoms with E-state index >= 15 is 0 Å². The van der Waals surface area contributed by atoms with Crippen LogP contribution in [0.25, 0.3) is 21.9 Å². The molecule has 0 aliphatic heterocycles. The van der Waals surface area contributed by atoms with Crippen LogP contribution in [-0.2, 0) is 0 Å². The van der Waals surface area contributed by atoms with E-state index in [1.807, 2.05) is 24.3 Å². The van der Waals surface area contributed by atoms with Gasteiger partial charge in [0.05, 0.1) is 33.8 Å². The molecule has 0 amide bonds. The molecule has 0 fully saturated rings. The Balaban J connectivity index is 2.58. The predicted octanol–water partition coefficient (Wildman–Crippen LogP) is 3.62. The van der Waals surface area contributed by atoms with Crippen molar-refractivity contribution in [1.29, 1.82) is 0 Å². The third-order valence-electron chi connectivity index (χ3n) is 3.46. The summed E-state index contributed by atoms with van der Waals surface area (Å²) in [6.45, 7) is 0. The first-order valence-electron chi connectivity index (χ1n) is 6.44. The van der Waals surface area contributed by atoms with Crippen LogP contribution in [0.1, 0.15) is 0 Å². The highest BCUT2D eigenvalue weighted by molar-refractivity contribution is 6.12. The fourth-order valence-electron chi connectivity index (χ4n) is 2.60. The number of furan rings is 1. The van der Waals surface area contributed by atoms with Crippen LogP contribution in [0.2, 0.25) is 0 Å². The molecule has 3 rings (SSSR count). The summed E-state index contributed by atoms with van der Waals surface area (Å²) in [6, 6.07) is 7.72. The third kappa shape index (κ3) is 1.77. The van der Waals surface area contributed by atoms with E-state index in [1.165, 1.54) is 0 Å². The van der Waals surface area contributed by atoms with E-state index in [0.29, 0.717) is 28.6 Å². The molecule has 110 valence electrons. The molecule has 0 radical (unpaired) electrons. The van der Waals surface area contributed by atoms with Gasteiger partial charge < -0.3 is 23.4 Å². The molecule has 0 saturated carbocycles. The molecule has 21 heavy (non-hydrogen) atoms. The summed E-state index contributed by atoms with van der Waals surface area (Å²) >= 11 is 0. The minimum absolute atomic E-state index is 0.448. The lowest BCUT2D eigenvalue weighted by Crippen LogP contribution is -1.98. The summed E-state index contributed by atoms with van der Waals surface area (Å²) in [5.74, 6) is 1.98. The van der Waals surface area contributed by atoms with Gasteiger partial charge in [0.2, 0.25) is 17.2 Å². The second-order valence-corrected chi connectivity index (χ2v) is 4.44. The highest BCUT2D eigenvalue weighted by Crippen LogP contribution is 2.53. The Morgan fingerprint density at radius 1 is 0.714 bits per heavy atom. The Morgan fingerprint density at radius 3 is 1.90 bits per heavy atom. The van der Waals surface area contributed by atoms with Gasteiger partial charge in [-0.25, -0.2) is 0 Å². The molecule has 1 aromatic heterocycles. The van der Waals surface area contributed by atoms with Crippen LogP contribution in [0.15, 0.2) is 28.7 Å². The molecule has 0 N–H and O–H groups in total. The molecule has 3 aromatic rings. The van der Waals surface area contributed by atoms with E-state index < -0.39 is 0 Å². The van der Waals surface area contributed by atoms with Crippen LogP contribution in [0.5, 0.6) is 23.0 Å². The number of hydrogen-bond acceptors (Lipinski definition) is 5. The van der Waals surface area contributed by atoms with Crippen molar-refractivity contribution in [2.75, 3.05) is 28.4 Å². The number of fused-ring (bicyclic) bond motifs is 3. The van der Waals surface area contributed by atoms with Crippen molar-refractivity contribution in [3.63, 3.8) is 0 Å². The van der Waals surface area contributed by atoms with Gasteiger partial charge >= 0.3 is 0 Å². The minimum atomic E-state index is 0.448. The molecular formula is C16H16O5. The van der Waals surface area contributed by atoms with Crippen molar-refractivity contribution in [3.05, 3.63) is 24.3 Å². The average Bonchev–Trinajstić information content (AvgIpc) is 2.91. The molecule has 0 aliphatic rings. The summed E-state index contributed by atoms with van der Waals surface area (Å²) < 4.78 is 27.8. The fourth-order valence-corrected chi connectivity index (χ4v) is 2.60. The lowest BCUT2D eigenvalue weighted by molar-refractivity contribution is 0.308. The van der Waals surface area contributed by atoms with E-state index in [4.69, 9.17) is 23.4 Å². The van der Waals surface area contributed by atoms with Crippen molar-refractivity contribution in [2.45, 2.75) is 0 Å². The zero-order valence-electron chi connectivity index (χ0n) is 12.4. The smallest absolute Gasteiger partial charge is 0.211 e. The molecule has 2 aromatic carbocycles. The number of rotatable bonds is 4. The summed E-state index contributed by atoms with van der Waals surface area (Å²) in [7, 11) is 6.27. The summed E-state index contributed by atoms with van der Waals surface area (Å²) in [6.07, 6.45) is 0. The SMILES string of the molecule is COc1c(OC)c(OC)c2c(oc3ccccc32)c1OC. The van der Waals surface area contributed by atoms with Crippen molar-refractivity contribution in [3.8, 4) is 23.0 Å². The maximum atomic E-state index is 5.92. The van der Waals surface area contributed by atoms with Crippen LogP contribution in [0.3, 0.4) is 0 Å². The molecular weight excluding hydrogens is 272 g/mol. The average molecular weight is 288 g/mol. The highest BCUT2D eigenvalue weighted by Gasteiger charge is 2.27. The molecule has 0 spiro atoms. The molecule has 5 heteroatoms. The Kier molecular flexibility index (Phi) is 3.25. The zero-order chi connectivity index (χ0) is 15.0. The van der Waals surface area contributed by atoms with Crippen LogP contribution in [-0.4, -0.2) is 28.4 Å². The second kappa shape index (κ2) is 5.09. The first-order valence-corrected chi connectivity index (χ1v) is 6.44. The molecule has 0 bridgehead atoms. The first kappa shape index (κ1) is 13.4. The summed E-state index contributed by atoms with van der Waals surface area (Å²) in [5.41, 5.74) is 1.33. The Hall–Kier alpha value is -2.56. The van der Waals surface area contributed by atoms with Gasteiger partial charge in [0.1, 0.15) is 5.58 Å². The van der Waals surface area contributed by atoms with Crippen LogP contribution >= 0.6 is 0 Å². The van der Waals surface area contributed by atoms with E-state index in [-0.39, 0.29) is 0 Å². The Bertz CT molecular complexity index is 803. The molecule has 0 atom stereocenters. The molecule has 0 saturated heterocycles. The number of benzene rings is 2. The fraction of sp³-hybridized carbons (Fsp3) is 0.250. The van der Waals surface area contributed by atoms with E-state index in [9.17, 15) is 0 Å². The topological polar surface area (TPSA) is 50.1 Å². The van der Waals surface area contributed by atoms with E-state index in [0.717, 1.165) is 16.4 Å². The third-order valence-corrected chi connectivity index (χ3v) is 3.46. The maximum Gasteiger partial charge on any atom is 0.211 e. The lowest BCUT2D eigenvalue weighted by Gasteiger charge is -2.15. The summed E-state index contributed by atoms with van der Waals surface area (Å²) in [4.78, 5) is 0. The second-order valence-electron chi connectivity index (χ2n) is 4.44. The Morgan fingerprint density at radius 2 is 1.29 bits per heavy atom. The molecule has 0 aliphatic carbocycles. The zero-order valence-corrected chi connectivity index (χ0v) is 12.4. The van der Waals surface area contributed by atoms with Crippen molar-refractivity contribution < 1.29 is 23.4 Å². The predicted molar refractivity (Wildman–Crippen MR) is 79.9 cm³/mol. The minimum Gasteiger partial charge on any atom is -0.492 e. The van der Waals surface area contributed by atoms with Crippen LogP contribution in [0, 0.1) is 0 Å². The quantitative estimate of drug-likeness (QED) is 0.734. The van der Waals surface area contributed by atoms with E-state index in [2.05, 4.69) is 0 Å². The maximum absolute atomic E-state index is 5.92. The van der Waals surface area contributed by atoms with Gasteiger partial charge in [0.25, 0.3) is 0 Å². The van der Waals surface area contributed by atoms with Gasteiger partial charge in [-0.1, -0.05) is 18.2 Å². The van der Waals surface area contributed by atoms with Gasteiger partial charge in [-0.3, -0.25) is 0 Å². The van der Waals surface area contributed by atoms with Crippen LogP contribution in [0.4, 0.5) is 0 Å². The van der Waals surface area contributed by atoms with E-state index in [1.54, 1.807) is 28.4 Å². The number of ether oxygens (including phenoxy) is 4. The number of para-hydroxylation sites is 1.